The Kier molecular flexibility index (Phi) is 12.3. The smallest absolute Gasteiger partial charge is 0.348 e. The van der Waals surface area contributed by atoms with Crippen LogP contribution in [0.2, 0.25) is 5.02 Å². The molecule has 0 aliphatic carbocycles. The fourth-order valence-corrected chi connectivity index (χ4v) is 6.99. The number of rotatable bonds is 14. The number of carbonyl (C=O) groups excluding carboxylic acids is 2. The number of aliphatic hydroxyl groups is 1. The van der Waals surface area contributed by atoms with Crippen molar-refractivity contribution < 1.29 is 33.6 Å². The Morgan fingerprint density at radius 2 is 1.80 bits per heavy atom. The molecule has 12 heteroatoms. The predicted octanol–water partition coefficient (Wildman–Crippen LogP) is 5.88. The number of benzene rings is 2. The van der Waals surface area contributed by atoms with Gasteiger partial charge in [-0.2, -0.15) is 0 Å². The third kappa shape index (κ3) is 8.60. The van der Waals surface area contributed by atoms with Gasteiger partial charge in [0.2, 0.25) is 0 Å². The number of carbonyl (C=O) groups is 2. The summed E-state index contributed by atoms with van der Waals surface area (Å²) in [5.41, 5.74) is 1.49. The SMILES string of the molecule is COc1ccc([C@H](Cc2c(C)cncc2Cl)OC(=O)c2ccc(CNC(CO)(C(=O)OC3CCN(C)CC3)c3ccccc3)s2)cc1OC. The molecule has 2 atom stereocenters. The number of halogens is 1. The van der Waals surface area contributed by atoms with Crippen LogP contribution in [0.15, 0.2) is 73.1 Å². The Bertz CT molecular complexity index is 1710. The summed E-state index contributed by atoms with van der Waals surface area (Å²) in [5, 5.41) is 14.5. The summed E-state index contributed by atoms with van der Waals surface area (Å²) in [7, 11) is 5.15. The quantitative estimate of drug-likeness (QED) is 0.154. The molecule has 10 nitrogen and oxygen atoms in total. The number of pyridine rings is 1. The first kappa shape index (κ1) is 36.3. The van der Waals surface area contributed by atoms with Crippen LogP contribution in [-0.4, -0.2) is 74.0 Å². The molecule has 4 aromatic rings. The van der Waals surface area contributed by atoms with Crippen LogP contribution in [0.4, 0.5) is 0 Å². The van der Waals surface area contributed by atoms with E-state index in [1.165, 1.54) is 11.3 Å². The summed E-state index contributed by atoms with van der Waals surface area (Å²) in [6.45, 7) is 3.26. The fraction of sp³-hybridized carbons (Fsp3) is 0.378. The number of nitrogens with zero attached hydrogens (tertiary/aromatic N) is 2. The molecular weight excluding hydrogens is 666 g/mol. The minimum Gasteiger partial charge on any atom is -0.493 e. The van der Waals surface area contributed by atoms with Crippen LogP contribution in [0.25, 0.3) is 0 Å². The van der Waals surface area contributed by atoms with Gasteiger partial charge in [0, 0.05) is 43.3 Å². The molecule has 2 aromatic carbocycles. The van der Waals surface area contributed by atoms with Crippen molar-refractivity contribution in [2.45, 2.75) is 50.5 Å². The fourth-order valence-electron chi connectivity index (χ4n) is 5.87. The number of aryl methyl sites for hydroxylation is 1. The number of piperidine rings is 1. The monoisotopic (exact) mass is 707 g/mol. The number of hydrogen-bond acceptors (Lipinski definition) is 11. The van der Waals surface area contributed by atoms with Crippen LogP contribution >= 0.6 is 22.9 Å². The van der Waals surface area contributed by atoms with Gasteiger partial charge in [-0.3, -0.25) is 10.3 Å². The van der Waals surface area contributed by atoms with Crippen LogP contribution < -0.4 is 14.8 Å². The van der Waals surface area contributed by atoms with Crippen LogP contribution in [0.3, 0.4) is 0 Å². The lowest BCUT2D eigenvalue weighted by molar-refractivity contribution is -0.162. The highest BCUT2D eigenvalue weighted by molar-refractivity contribution is 7.13. The largest absolute Gasteiger partial charge is 0.493 e. The second kappa shape index (κ2) is 16.6. The van der Waals surface area contributed by atoms with Gasteiger partial charge in [-0.1, -0.05) is 48.0 Å². The number of ether oxygens (including phenoxy) is 4. The predicted molar refractivity (Wildman–Crippen MR) is 188 cm³/mol. The van der Waals surface area contributed by atoms with Gasteiger partial charge in [-0.25, -0.2) is 9.59 Å². The molecule has 2 aromatic heterocycles. The number of likely N-dealkylation sites (tertiary alicyclic amines) is 1. The number of esters is 2. The Balaban J connectivity index is 1.35. The Morgan fingerprint density at radius 1 is 1.06 bits per heavy atom. The second-order valence-corrected chi connectivity index (χ2v) is 13.7. The van der Waals surface area contributed by atoms with E-state index in [4.69, 9.17) is 30.5 Å². The van der Waals surface area contributed by atoms with Gasteiger partial charge in [-0.05, 0) is 73.3 Å². The summed E-state index contributed by atoms with van der Waals surface area (Å²) in [6.07, 6.45) is 4.12. The van der Waals surface area contributed by atoms with Crippen molar-refractivity contribution in [1.29, 1.82) is 0 Å². The van der Waals surface area contributed by atoms with E-state index in [-0.39, 0.29) is 12.6 Å². The summed E-state index contributed by atoms with van der Waals surface area (Å²) >= 11 is 7.77. The number of hydrogen-bond donors (Lipinski definition) is 2. The minimum atomic E-state index is -1.49. The number of aromatic nitrogens is 1. The molecule has 3 heterocycles. The normalized spacial score (nSPS) is 15.6. The number of aliphatic hydroxyl groups excluding tert-OH is 1. The van der Waals surface area contributed by atoms with E-state index in [0.717, 1.165) is 41.9 Å². The summed E-state index contributed by atoms with van der Waals surface area (Å²) in [6, 6.07) is 18.0. The number of thiophene rings is 1. The summed E-state index contributed by atoms with van der Waals surface area (Å²) < 4.78 is 23.0. The van der Waals surface area contributed by atoms with Crippen LogP contribution in [0, 0.1) is 6.92 Å². The molecule has 5 rings (SSSR count). The highest BCUT2D eigenvalue weighted by Crippen LogP contribution is 2.35. The highest BCUT2D eigenvalue weighted by atomic mass is 35.5. The molecule has 1 saturated heterocycles. The minimum absolute atomic E-state index is 0.195. The molecule has 49 heavy (non-hydrogen) atoms. The first-order valence-corrected chi connectivity index (χ1v) is 17.3. The van der Waals surface area contributed by atoms with Gasteiger partial charge < -0.3 is 29.0 Å². The van der Waals surface area contributed by atoms with Crippen LogP contribution in [0.5, 0.6) is 11.5 Å². The molecule has 0 radical (unpaired) electrons. The zero-order valence-corrected chi connectivity index (χ0v) is 29.7. The van der Waals surface area contributed by atoms with Gasteiger partial charge in [-0.15, -0.1) is 11.3 Å². The Morgan fingerprint density at radius 3 is 2.47 bits per heavy atom. The van der Waals surface area contributed by atoms with E-state index in [1.54, 1.807) is 63.0 Å². The van der Waals surface area contributed by atoms with Gasteiger partial charge in [0.15, 0.2) is 17.0 Å². The van der Waals surface area contributed by atoms with Gasteiger partial charge in [0.1, 0.15) is 17.1 Å². The summed E-state index contributed by atoms with van der Waals surface area (Å²) in [4.78, 5) is 34.9. The van der Waals surface area contributed by atoms with Crippen molar-refractivity contribution >= 4 is 34.9 Å². The van der Waals surface area contributed by atoms with Crippen LogP contribution in [-0.2, 0) is 32.8 Å². The van der Waals surface area contributed by atoms with E-state index in [0.29, 0.717) is 38.9 Å². The van der Waals surface area contributed by atoms with E-state index >= 15 is 0 Å². The molecule has 1 aliphatic heterocycles. The van der Waals surface area contributed by atoms with Crippen molar-refractivity contribution in [3.8, 4) is 11.5 Å². The lowest BCUT2D eigenvalue weighted by atomic mass is 9.90. The average Bonchev–Trinajstić information content (AvgIpc) is 3.60. The molecule has 1 unspecified atom stereocenters. The number of nitrogens with one attached hydrogen (secondary N) is 1. The zero-order valence-electron chi connectivity index (χ0n) is 28.1. The standard InChI is InChI=1S/C37H42ClN3O7S/c1-24-20-39-22-30(38)29(24)19-32(25-10-12-31(45-3)33(18-25)46-4)48-35(43)34-13-11-28(49-34)21-40-37(23-42,26-8-6-5-7-9-26)36(44)47-27-14-16-41(2)17-15-27/h5-13,18,20,22,27,32,40,42H,14-17,19,21,23H2,1-4H3/t32-,37?/m0/s1. The molecule has 1 fully saturated rings. The molecule has 1 aliphatic rings. The second-order valence-electron chi connectivity index (χ2n) is 12.1. The van der Waals surface area contributed by atoms with E-state index in [9.17, 15) is 14.7 Å². The Hall–Kier alpha value is -4.00. The topological polar surface area (TPSA) is 119 Å². The lowest BCUT2D eigenvalue weighted by Crippen LogP contribution is -2.54. The highest BCUT2D eigenvalue weighted by Gasteiger charge is 2.42. The third-order valence-corrected chi connectivity index (χ3v) is 10.2. The maximum atomic E-state index is 13.8. The maximum Gasteiger partial charge on any atom is 0.348 e. The van der Waals surface area contributed by atoms with Crippen molar-refractivity contribution in [2.75, 3.05) is 41.0 Å². The van der Waals surface area contributed by atoms with E-state index in [2.05, 4.69) is 15.2 Å². The zero-order chi connectivity index (χ0) is 35.0. The first-order valence-electron chi connectivity index (χ1n) is 16.1. The number of methoxy groups -OCH3 is 2. The van der Waals surface area contributed by atoms with Crippen molar-refractivity contribution in [3.05, 3.63) is 110 Å². The van der Waals surface area contributed by atoms with Crippen molar-refractivity contribution in [3.63, 3.8) is 0 Å². The molecule has 0 bridgehead atoms. The van der Waals surface area contributed by atoms with Crippen molar-refractivity contribution in [1.82, 2.24) is 15.2 Å². The van der Waals surface area contributed by atoms with Crippen LogP contribution in [0.1, 0.15) is 55.7 Å². The molecule has 0 amide bonds. The van der Waals surface area contributed by atoms with Crippen molar-refractivity contribution in [2.24, 2.45) is 0 Å². The molecule has 0 saturated carbocycles. The van der Waals surface area contributed by atoms with Gasteiger partial charge in [0.25, 0.3) is 0 Å². The lowest BCUT2D eigenvalue weighted by Gasteiger charge is -2.35. The summed E-state index contributed by atoms with van der Waals surface area (Å²) in [5.74, 6) is 0.00420. The Labute approximate surface area is 295 Å². The van der Waals surface area contributed by atoms with E-state index < -0.39 is 30.2 Å². The molecule has 0 spiro atoms. The van der Waals surface area contributed by atoms with Gasteiger partial charge >= 0.3 is 11.9 Å². The maximum absolute atomic E-state index is 13.8. The van der Waals surface area contributed by atoms with Gasteiger partial charge in [0.05, 0.1) is 25.8 Å². The first-order chi connectivity index (χ1) is 23.7. The third-order valence-electron chi connectivity index (χ3n) is 8.86. The molecule has 260 valence electrons. The van der Waals surface area contributed by atoms with E-state index in [1.807, 2.05) is 38.2 Å². The molecule has 2 N–H and O–H groups in total. The average molecular weight is 708 g/mol. The molecular formula is C37H42ClN3O7S.